The molecule has 0 heterocycles. The smallest absolute Gasteiger partial charge is 0.309 e. The third kappa shape index (κ3) is 12.8. The molecule has 0 bridgehead atoms. The summed E-state index contributed by atoms with van der Waals surface area (Å²) < 4.78 is 11.1. The van der Waals surface area contributed by atoms with E-state index in [4.69, 9.17) is 9.47 Å². The number of carbonyl (C=O) groups is 2. The van der Waals surface area contributed by atoms with Crippen molar-refractivity contribution in [3.63, 3.8) is 0 Å². The minimum absolute atomic E-state index is 0.101. The molecular formula is C28H53NO7. The van der Waals surface area contributed by atoms with E-state index in [1.807, 2.05) is 0 Å². The Morgan fingerprint density at radius 2 is 1.11 bits per heavy atom. The van der Waals surface area contributed by atoms with E-state index in [0.29, 0.717) is 13.2 Å². The normalized spacial score (nSPS) is 22.1. The molecule has 0 radical (unpaired) electrons. The Bertz CT molecular complexity index is 568. The topological polar surface area (TPSA) is 117 Å². The minimum atomic E-state index is -0.864. The van der Waals surface area contributed by atoms with Crippen LogP contribution in [0.2, 0.25) is 0 Å². The molecule has 1 rings (SSSR count). The fraction of sp³-hybridized carbons (Fsp3) is 0.929. The number of hydrogen-bond donors (Lipinski definition) is 3. The van der Waals surface area contributed by atoms with Crippen LogP contribution in [-0.2, 0) is 19.1 Å². The number of carbonyl (C=O) groups excluding carboxylic acids is 2. The summed E-state index contributed by atoms with van der Waals surface area (Å²) in [6.07, 6.45) is 12.5. The Morgan fingerprint density at radius 1 is 0.694 bits per heavy atom. The van der Waals surface area contributed by atoms with Crippen LogP contribution in [0.25, 0.3) is 0 Å². The number of rotatable bonds is 21. The fourth-order valence-electron chi connectivity index (χ4n) is 5.10. The molecule has 1 aliphatic carbocycles. The quantitative estimate of drug-likeness (QED) is 0.156. The van der Waals surface area contributed by atoms with Gasteiger partial charge in [0.15, 0.2) is 0 Å². The van der Waals surface area contributed by atoms with Crippen molar-refractivity contribution < 1.29 is 34.4 Å². The molecule has 1 fully saturated rings. The van der Waals surface area contributed by atoms with Gasteiger partial charge in [-0.25, -0.2) is 0 Å². The lowest BCUT2D eigenvalue weighted by Crippen LogP contribution is -2.54. The van der Waals surface area contributed by atoms with Crippen molar-refractivity contribution in [2.75, 3.05) is 39.5 Å². The molecular weight excluding hydrogens is 462 g/mol. The van der Waals surface area contributed by atoms with Crippen LogP contribution in [0.1, 0.15) is 104 Å². The summed E-state index contributed by atoms with van der Waals surface area (Å²) in [7, 11) is 0. The molecule has 4 atom stereocenters. The SMILES string of the molecule is CCCCCCCCOC(=O)C1CC(O)C(N(CCO)CCO)CC1C(=O)OCCCCCCCC. The van der Waals surface area contributed by atoms with Crippen LogP contribution in [-0.4, -0.2) is 83.8 Å². The zero-order valence-corrected chi connectivity index (χ0v) is 22.9. The molecule has 0 spiro atoms. The molecule has 0 aromatic carbocycles. The van der Waals surface area contributed by atoms with Gasteiger partial charge >= 0.3 is 11.9 Å². The van der Waals surface area contributed by atoms with Gasteiger partial charge in [0.25, 0.3) is 0 Å². The highest BCUT2D eigenvalue weighted by Gasteiger charge is 2.46. The lowest BCUT2D eigenvalue weighted by Gasteiger charge is -2.42. The van der Waals surface area contributed by atoms with Gasteiger partial charge in [-0.3, -0.25) is 14.5 Å². The van der Waals surface area contributed by atoms with Gasteiger partial charge in [-0.05, 0) is 25.7 Å². The van der Waals surface area contributed by atoms with Crippen LogP contribution in [0.3, 0.4) is 0 Å². The second-order valence-corrected chi connectivity index (χ2v) is 10.2. The van der Waals surface area contributed by atoms with Crippen LogP contribution in [0.4, 0.5) is 0 Å². The van der Waals surface area contributed by atoms with E-state index in [2.05, 4.69) is 13.8 Å². The zero-order valence-electron chi connectivity index (χ0n) is 22.9. The summed E-state index contributed by atoms with van der Waals surface area (Å²) in [6.45, 7) is 5.29. The van der Waals surface area contributed by atoms with E-state index in [1.165, 1.54) is 38.5 Å². The molecule has 36 heavy (non-hydrogen) atoms. The van der Waals surface area contributed by atoms with Crippen LogP contribution < -0.4 is 0 Å². The molecule has 0 saturated heterocycles. The van der Waals surface area contributed by atoms with E-state index in [9.17, 15) is 24.9 Å². The number of nitrogens with zero attached hydrogens (tertiary/aromatic N) is 1. The second-order valence-electron chi connectivity index (χ2n) is 10.2. The van der Waals surface area contributed by atoms with Crippen LogP contribution in [0, 0.1) is 11.8 Å². The van der Waals surface area contributed by atoms with Crippen LogP contribution >= 0.6 is 0 Å². The zero-order chi connectivity index (χ0) is 26.6. The largest absolute Gasteiger partial charge is 0.465 e. The first-order chi connectivity index (χ1) is 17.5. The van der Waals surface area contributed by atoms with Crippen molar-refractivity contribution in [2.24, 2.45) is 11.8 Å². The van der Waals surface area contributed by atoms with Gasteiger partial charge in [0, 0.05) is 19.1 Å². The molecule has 8 heteroatoms. The Morgan fingerprint density at radius 3 is 1.56 bits per heavy atom. The van der Waals surface area contributed by atoms with Gasteiger partial charge in [0.2, 0.25) is 0 Å². The summed E-state index contributed by atoms with van der Waals surface area (Å²) in [5.74, 6) is -2.33. The molecule has 0 aromatic rings. The van der Waals surface area contributed by atoms with Crippen molar-refractivity contribution >= 4 is 11.9 Å². The molecule has 212 valence electrons. The predicted octanol–water partition coefficient (Wildman–Crippen LogP) is 3.84. The molecule has 1 aliphatic rings. The maximum Gasteiger partial charge on any atom is 0.309 e. The predicted molar refractivity (Wildman–Crippen MR) is 140 cm³/mol. The van der Waals surface area contributed by atoms with E-state index < -0.39 is 35.9 Å². The summed E-state index contributed by atoms with van der Waals surface area (Å²) >= 11 is 0. The van der Waals surface area contributed by atoms with E-state index >= 15 is 0 Å². The average molecular weight is 516 g/mol. The Labute approximate surface area is 218 Å². The molecule has 3 N–H and O–H groups in total. The molecule has 0 aromatic heterocycles. The minimum Gasteiger partial charge on any atom is -0.465 e. The van der Waals surface area contributed by atoms with Crippen LogP contribution in [0.5, 0.6) is 0 Å². The van der Waals surface area contributed by atoms with Crippen molar-refractivity contribution in [1.82, 2.24) is 4.90 Å². The summed E-state index contributed by atoms with van der Waals surface area (Å²) in [4.78, 5) is 27.8. The lowest BCUT2D eigenvalue weighted by atomic mass is 9.74. The van der Waals surface area contributed by atoms with Gasteiger partial charge < -0.3 is 24.8 Å². The van der Waals surface area contributed by atoms with Gasteiger partial charge in [0.05, 0.1) is 44.4 Å². The Kier molecular flexibility index (Phi) is 19.0. The van der Waals surface area contributed by atoms with E-state index in [-0.39, 0.29) is 39.1 Å². The number of aliphatic hydroxyl groups excluding tert-OH is 3. The van der Waals surface area contributed by atoms with Crippen molar-refractivity contribution in [3.8, 4) is 0 Å². The summed E-state index contributed by atoms with van der Waals surface area (Å²) in [5, 5.41) is 29.7. The Balaban J connectivity index is 2.72. The standard InChI is InChI=1S/C28H53NO7/c1-3-5-7-9-11-13-19-35-27(33)23-21-25(29(15-17-30)16-18-31)26(32)22-24(23)28(34)36-20-14-12-10-8-6-4-2/h23-26,30-32H,3-22H2,1-2H3. The molecule has 4 unspecified atom stereocenters. The number of esters is 2. The summed E-state index contributed by atoms with van der Waals surface area (Å²) in [6, 6.07) is -0.446. The first-order valence-corrected chi connectivity index (χ1v) is 14.5. The number of aliphatic hydroxyl groups is 3. The number of hydrogen-bond acceptors (Lipinski definition) is 8. The molecule has 1 saturated carbocycles. The van der Waals surface area contributed by atoms with E-state index in [0.717, 1.165) is 38.5 Å². The number of ether oxygens (including phenoxy) is 2. The highest BCUT2D eigenvalue weighted by Crippen LogP contribution is 2.35. The third-order valence-corrected chi connectivity index (χ3v) is 7.25. The first kappa shape index (κ1) is 32.8. The van der Waals surface area contributed by atoms with Crippen molar-refractivity contribution in [3.05, 3.63) is 0 Å². The third-order valence-electron chi connectivity index (χ3n) is 7.25. The molecule has 0 amide bonds. The average Bonchev–Trinajstić information content (AvgIpc) is 2.87. The highest BCUT2D eigenvalue weighted by atomic mass is 16.5. The van der Waals surface area contributed by atoms with E-state index in [1.54, 1.807) is 4.90 Å². The van der Waals surface area contributed by atoms with Crippen LogP contribution in [0.15, 0.2) is 0 Å². The maximum absolute atomic E-state index is 13.1. The molecule has 0 aliphatic heterocycles. The van der Waals surface area contributed by atoms with Gasteiger partial charge in [0.1, 0.15) is 0 Å². The second kappa shape index (κ2) is 20.8. The van der Waals surface area contributed by atoms with Gasteiger partial charge in [-0.15, -0.1) is 0 Å². The fourth-order valence-corrected chi connectivity index (χ4v) is 5.10. The highest BCUT2D eigenvalue weighted by molar-refractivity contribution is 5.82. The van der Waals surface area contributed by atoms with Crippen molar-refractivity contribution in [1.29, 1.82) is 0 Å². The monoisotopic (exact) mass is 515 g/mol. The Hall–Kier alpha value is -1.22. The van der Waals surface area contributed by atoms with Crippen molar-refractivity contribution in [2.45, 2.75) is 116 Å². The van der Waals surface area contributed by atoms with Gasteiger partial charge in [-0.1, -0.05) is 78.1 Å². The van der Waals surface area contributed by atoms with Gasteiger partial charge in [-0.2, -0.15) is 0 Å². The number of unbranched alkanes of at least 4 members (excludes halogenated alkanes) is 10. The summed E-state index contributed by atoms with van der Waals surface area (Å²) in [5.41, 5.74) is 0. The lowest BCUT2D eigenvalue weighted by molar-refractivity contribution is -0.168. The maximum atomic E-state index is 13.1. The molecule has 8 nitrogen and oxygen atoms in total. The first-order valence-electron chi connectivity index (χ1n) is 14.5.